The third kappa shape index (κ3) is 5.06. The zero-order valence-electron chi connectivity index (χ0n) is 10.7. The molecule has 0 aliphatic carbocycles. The number of carboxylic acid groups (broad SMARTS) is 1. The normalized spacial score (nSPS) is 20.9. The maximum absolute atomic E-state index is 12.2. The molecule has 1 heterocycles. The first kappa shape index (κ1) is 16.3. The molecule has 9 heteroatoms. The lowest BCUT2D eigenvalue weighted by atomic mass is 10.1. The van der Waals surface area contributed by atoms with E-state index in [-0.39, 0.29) is 19.4 Å². The minimum Gasteiger partial charge on any atom is -0.481 e. The maximum Gasteiger partial charge on any atom is 0.406 e. The van der Waals surface area contributed by atoms with Gasteiger partial charge in [0.15, 0.2) is 0 Å². The Hall–Kier alpha value is -1.80. The monoisotopic (exact) mass is 296 g/mol. The Morgan fingerprint density at radius 2 is 2.10 bits per heavy atom. The molecule has 2 atom stereocenters. The van der Waals surface area contributed by atoms with Gasteiger partial charge in [-0.25, -0.2) is 0 Å². The average molecular weight is 296 g/mol. The van der Waals surface area contributed by atoms with Gasteiger partial charge in [0.1, 0.15) is 6.54 Å². The van der Waals surface area contributed by atoms with Crippen LogP contribution in [0.4, 0.5) is 13.2 Å². The summed E-state index contributed by atoms with van der Waals surface area (Å²) in [5.74, 6) is -3.30. The smallest absolute Gasteiger partial charge is 0.406 e. The Bertz CT molecular complexity index is 411. The molecule has 1 aliphatic heterocycles. The Morgan fingerprint density at radius 1 is 1.50 bits per heavy atom. The summed E-state index contributed by atoms with van der Waals surface area (Å²) in [7, 11) is 0. The van der Waals surface area contributed by atoms with Crippen LogP contribution < -0.4 is 5.32 Å². The molecule has 0 saturated carbocycles. The summed E-state index contributed by atoms with van der Waals surface area (Å²) < 4.78 is 36.6. The fourth-order valence-corrected chi connectivity index (χ4v) is 1.99. The maximum atomic E-state index is 12.2. The van der Waals surface area contributed by atoms with Crippen molar-refractivity contribution in [1.82, 2.24) is 10.2 Å². The summed E-state index contributed by atoms with van der Waals surface area (Å²) in [5, 5.41) is 10.9. The fourth-order valence-electron chi connectivity index (χ4n) is 1.99. The van der Waals surface area contributed by atoms with Crippen molar-refractivity contribution in [3.05, 3.63) is 0 Å². The molecule has 114 valence electrons. The number of hydrogen-bond acceptors (Lipinski definition) is 3. The first-order valence-electron chi connectivity index (χ1n) is 5.95. The van der Waals surface area contributed by atoms with E-state index < -0.39 is 42.5 Å². The summed E-state index contributed by atoms with van der Waals surface area (Å²) in [4.78, 5) is 34.1. The van der Waals surface area contributed by atoms with Crippen molar-refractivity contribution in [1.29, 1.82) is 0 Å². The number of carbonyl (C=O) groups excluding carboxylic acids is 2. The molecule has 1 aliphatic rings. The molecule has 1 rings (SSSR count). The highest BCUT2D eigenvalue weighted by molar-refractivity contribution is 5.89. The molecular formula is C11H15F3N2O4. The van der Waals surface area contributed by atoms with E-state index in [1.54, 1.807) is 0 Å². The molecule has 0 spiro atoms. The van der Waals surface area contributed by atoms with Gasteiger partial charge in [-0.1, -0.05) is 0 Å². The highest BCUT2D eigenvalue weighted by Crippen LogP contribution is 2.24. The Kier molecular flexibility index (Phi) is 4.96. The number of hydrogen-bond donors (Lipinski definition) is 2. The number of amides is 2. The van der Waals surface area contributed by atoms with Crippen LogP contribution in [0.2, 0.25) is 0 Å². The van der Waals surface area contributed by atoms with Crippen LogP contribution in [0.1, 0.15) is 19.8 Å². The van der Waals surface area contributed by atoms with E-state index >= 15 is 0 Å². The molecule has 0 aromatic heterocycles. The van der Waals surface area contributed by atoms with E-state index in [0.29, 0.717) is 4.90 Å². The number of nitrogens with zero attached hydrogens (tertiary/aromatic N) is 1. The summed E-state index contributed by atoms with van der Waals surface area (Å²) in [6, 6.07) is -0.647. The molecule has 20 heavy (non-hydrogen) atoms. The molecule has 0 aromatic rings. The number of rotatable bonds is 5. The van der Waals surface area contributed by atoms with Crippen LogP contribution in [0.25, 0.3) is 0 Å². The van der Waals surface area contributed by atoms with Crippen LogP contribution in [0.3, 0.4) is 0 Å². The van der Waals surface area contributed by atoms with Gasteiger partial charge < -0.3 is 15.3 Å². The zero-order chi connectivity index (χ0) is 15.5. The van der Waals surface area contributed by atoms with E-state index in [2.05, 4.69) is 5.32 Å². The van der Waals surface area contributed by atoms with Gasteiger partial charge in [0.2, 0.25) is 11.8 Å². The number of halogens is 3. The second-order valence-electron chi connectivity index (χ2n) is 4.80. The van der Waals surface area contributed by atoms with Gasteiger partial charge in [-0.05, 0) is 6.92 Å². The quantitative estimate of drug-likeness (QED) is 0.767. The molecule has 1 fully saturated rings. The highest BCUT2D eigenvalue weighted by atomic mass is 19.4. The zero-order valence-corrected chi connectivity index (χ0v) is 10.7. The van der Waals surface area contributed by atoms with E-state index in [9.17, 15) is 27.6 Å². The molecule has 6 nitrogen and oxygen atoms in total. The predicted molar refractivity (Wildman–Crippen MR) is 60.6 cm³/mol. The third-order valence-electron chi connectivity index (χ3n) is 2.82. The van der Waals surface area contributed by atoms with Crippen molar-refractivity contribution in [2.75, 3.05) is 13.1 Å². The lowest BCUT2D eigenvalue weighted by Crippen LogP contribution is -2.40. The molecule has 0 bridgehead atoms. The molecule has 2 amide bonds. The van der Waals surface area contributed by atoms with Crippen LogP contribution in [-0.2, 0) is 14.4 Å². The van der Waals surface area contributed by atoms with E-state index in [4.69, 9.17) is 5.11 Å². The van der Waals surface area contributed by atoms with Crippen molar-refractivity contribution in [2.24, 2.45) is 5.92 Å². The standard InChI is InChI=1S/C11H15F3N2O4/c1-6(2-9(18)19)15-10(20)7-3-8(17)16(4-7)5-11(12,13)14/h6-7H,2-5H2,1H3,(H,15,20)(H,18,19). The average Bonchev–Trinajstić information content (AvgIpc) is 2.56. The number of carbonyl (C=O) groups is 3. The predicted octanol–water partition coefficient (Wildman–Crippen LogP) is 0.377. The largest absolute Gasteiger partial charge is 0.481 e. The molecule has 2 N–H and O–H groups in total. The van der Waals surface area contributed by atoms with Crippen LogP contribution in [-0.4, -0.2) is 53.1 Å². The second kappa shape index (κ2) is 6.10. The van der Waals surface area contributed by atoms with Gasteiger partial charge in [-0.2, -0.15) is 13.2 Å². The van der Waals surface area contributed by atoms with Crippen molar-refractivity contribution >= 4 is 17.8 Å². The first-order chi connectivity index (χ1) is 9.08. The molecular weight excluding hydrogens is 281 g/mol. The first-order valence-corrected chi connectivity index (χ1v) is 5.95. The van der Waals surface area contributed by atoms with Crippen molar-refractivity contribution < 1.29 is 32.7 Å². The number of aliphatic carboxylic acids is 1. The third-order valence-corrected chi connectivity index (χ3v) is 2.82. The van der Waals surface area contributed by atoms with Crippen LogP contribution in [0.15, 0.2) is 0 Å². The van der Waals surface area contributed by atoms with Gasteiger partial charge in [0.25, 0.3) is 0 Å². The molecule has 0 aromatic carbocycles. The Balaban J connectivity index is 2.51. The lowest BCUT2D eigenvalue weighted by molar-refractivity contribution is -0.157. The topological polar surface area (TPSA) is 86.7 Å². The SMILES string of the molecule is CC(CC(=O)O)NC(=O)C1CC(=O)N(CC(F)(F)F)C1. The number of carboxylic acids is 1. The van der Waals surface area contributed by atoms with Gasteiger partial charge in [-0.15, -0.1) is 0 Å². The summed E-state index contributed by atoms with van der Waals surface area (Å²) in [6.45, 7) is -0.208. The minimum absolute atomic E-state index is 0.290. The van der Waals surface area contributed by atoms with E-state index in [0.717, 1.165) is 0 Å². The van der Waals surface area contributed by atoms with Gasteiger partial charge in [-0.3, -0.25) is 14.4 Å². The highest BCUT2D eigenvalue weighted by Gasteiger charge is 2.40. The Morgan fingerprint density at radius 3 is 2.60 bits per heavy atom. The summed E-state index contributed by atoms with van der Waals surface area (Å²) >= 11 is 0. The minimum atomic E-state index is -4.50. The van der Waals surface area contributed by atoms with Crippen LogP contribution in [0, 0.1) is 5.92 Å². The number of alkyl halides is 3. The molecule has 2 unspecified atom stereocenters. The van der Waals surface area contributed by atoms with Crippen LogP contribution >= 0.6 is 0 Å². The van der Waals surface area contributed by atoms with E-state index in [1.165, 1.54) is 6.92 Å². The number of likely N-dealkylation sites (tertiary alicyclic amines) is 1. The van der Waals surface area contributed by atoms with Crippen molar-refractivity contribution in [2.45, 2.75) is 32.0 Å². The Labute approximate surface area is 112 Å². The lowest BCUT2D eigenvalue weighted by Gasteiger charge is -2.19. The number of nitrogens with one attached hydrogen (secondary N) is 1. The van der Waals surface area contributed by atoms with Crippen molar-refractivity contribution in [3.63, 3.8) is 0 Å². The van der Waals surface area contributed by atoms with Gasteiger partial charge in [0.05, 0.1) is 12.3 Å². The van der Waals surface area contributed by atoms with Crippen LogP contribution in [0.5, 0.6) is 0 Å². The molecule has 1 saturated heterocycles. The second-order valence-corrected chi connectivity index (χ2v) is 4.80. The summed E-state index contributed by atoms with van der Waals surface area (Å²) in [6.07, 6.45) is -5.09. The van der Waals surface area contributed by atoms with E-state index in [1.807, 2.05) is 0 Å². The fraction of sp³-hybridized carbons (Fsp3) is 0.727. The van der Waals surface area contributed by atoms with Gasteiger partial charge >= 0.3 is 12.1 Å². The van der Waals surface area contributed by atoms with Crippen molar-refractivity contribution in [3.8, 4) is 0 Å². The van der Waals surface area contributed by atoms with Gasteiger partial charge in [0, 0.05) is 19.0 Å². The molecule has 0 radical (unpaired) electrons. The summed E-state index contributed by atoms with van der Waals surface area (Å²) in [5.41, 5.74) is 0.